The Labute approximate surface area is 87.7 Å². The number of hydrogen-bond donors (Lipinski definition) is 1. The van der Waals surface area contributed by atoms with E-state index in [2.05, 4.69) is 26.1 Å². The minimum atomic E-state index is 0.871. The highest BCUT2D eigenvalue weighted by Crippen LogP contribution is 2.57. The predicted octanol–water partition coefficient (Wildman–Crippen LogP) is 2.52. The van der Waals surface area contributed by atoms with Gasteiger partial charge in [0.15, 0.2) is 0 Å². The number of hydrogen-bond acceptors (Lipinski definition) is 1. The van der Waals surface area contributed by atoms with Gasteiger partial charge in [0.2, 0.25) is 0 Å². The zero-order valence-electron chi connectivity index (χ0n) is 9.66. The molecule has 1 heteroatoms. The van der Waals surface area contributed by atoms with Crippen LogP contribution in [0.3, 0.4) is 0 Å². The molecule has 2 saturated carbocycles. The zero-order chi connectivity index (χ0) is 9.87. The van der Waals surface area contributed by atoms with Crippen LogP contribution in [0.1, 0.15) is 33.6 Å². The smallest absolute Gasteiger partial charge is 0.0136 e. The van der Waals surface area contributed by atoms with Crippen molar-refractivity contribution in [1.29, 1.82) is 0 Å². The van der Waals surface area contributed by atoms with Crippen LogP contribution in [0, 0.1) is 35.5 Å². The summed E-state index contributed by atoms with van der Waals surface area (Å²) in [6, 6.07) is 0.871. The third kappa shape index (κ3) is 1.18. The molecule has 0 aromatic heterocycles. The van der Waals surface area contributed by atoms with Gasteiger partial charge in [0, 0.05) is 6.04 Å². The zero-order valence-corrected chi connectivity index (χ0v) is 9.66. The Morgan fingerprint density at radius 1 is 0.857 bits per heavy atom. The van der Waals surface area contributed by atoms with E-state index in [-0.39, 0.29) is 0 Å². The third-order valence-electron chi connectivity index (χ3n) is 5.37. The molecule has 1 saturated heterocycles. The Morgan fingerprint density at radius 2 is 1.57 bits per heavy atom. The van der Waals surface area contributed by atoms with Crippen LogP contribution < -0.4 is 5.32 Å². The van der Waals surface area contributed by atoms with Gasteiger partial charge in [-0.05, 0) is 54.9 Å². The summed E-state index contributed by atoms with van der Waals surface area (Å²) in [6.45, 7) is 8.59. The SMILES string of the molecule is CC1CC1C1CC(C2NCC2C)C1C. The van der Waals surface area contributed by atoms with Gasteiger partial charge in [-0.1, -0.05) is 20.8 Å². The topological polar surface area (TPSA) is 12.0 Å². The summed E-state index contributed by atoms with van der Waals surface area (Å²) in [6.07, 6.45) is 3.05. The van der Waals surface area contributed by atoms with Crippen molar-refractivity contribution in [2.24, 2.45) is 35.5 Å². The van der Waals surface area contributed by atoms with Gasteiger partial charge in [-0.3, -0.25) is 0 Å². The summed E-state index contributed by atoms with van der Waals surface area (Å²) >= 11 is 0. The van der Waals surface area contributed by atoms with Crippen molar-refractivity contribution in [1.82, 2.24) is 5.32 Å². The molecule has 3 rings (SSSR count). The van der Waals surface area contributed by atoms with E-state index in [1.54, 1.807) is 0 Å². The Hall–Kier alpha value is -0.0400. The van der Waals surface area contributed by atoms with Crippen LogP contribution in [-0.4, -0.2) is 12.6 Å². The highest BCUT2D eigenvalue weighted by molar-refractivity contribution is 5.05. The molecule has 80 valence electrons. The van der Waals surface area contributed by atoms with Crippen molar-refractivity contribution < 1.29 is 0 Å². The van der Waals surface area contributed by atoms with E-state index in [0.29, 0.717) is 0 Å². The maximum absolute atomic E-state index is 3.62. The average Bonchev–Trinajstić information content (AvgIpc) is 2.85. The van der Waals surface area contributed by atoms with E-state index in [9.17, 15) is 0 Å². The van der Waals surface area contributed by atoms with Crippen molar-refractivity contribution in [3.63, 3.8) is 0 Å². The Morgan fingerprint density at radius 3 is 1.93 bits per heavy atom. The molecule has 14 heavy (non-hydrogen) atoms. The van der Waals surface area contributed by atoms with Gasteiger partial charge >= 0.3 is 0 Å². The van der Waals surface area contributed by atoms with Gasteiger partial charge in [0.1, 0.15) is 0 Å². The van der Waals surface area contributed by atoms with E-state index >= 15 is 0 Å². The second-order valence-corrected chi connectivity index (χ2v) is 6.21. The summed E-state index contributed by atoms with van der Waals surface area (Å²) in [4.78, 5) is 0. The molecule has 0 amide bonds. The van der Waals surface area contributed by atoms with Crippen LogP contribution in [0.4, 0.5) is 0 Å². The van der Waals surface area contributed by atoms with Gasteiger partial charge < -0.3 is 5.32 Å². The van der Waals surface area contributed by atoms with E-state index in [0.717, 1.165) is 41.5 Å². The molecule has 0 bridgehead atoms. The fourth-order valence-corrected chi connectivity index (χ4v) is 3.91. The first-order valence-electron chi connectivity index (χ1n) is 6.42. The molecule has 0 aromatic rings. The Balaban J connectivity index is 1.55. The van der Waals surface area contributed by atoms with Crippen LogP contribution in [0.15, 0.2) is 0 Å². The van der Waals surface area contributed by atoms with Crippen LogP contribution in [0.2, 0.25) is 0 Å². The third-order valence-corrected chi connectivity index (χ3v) is 5.37. The molecule has 7 unspecified atom stereocenters. The summed E-state index contributed by atoms with van der Waals surface area (Å²) in [5.74, 6) is 6.21. The minimum absolute atomic E-state index is 0.871. The van der Waals surface area contributed by atoms with Crippen molar-refractivity contribution in [2.45, 2.75) is 39.7 Å². The molecule has 0 aromatic carbocycles. The summed E-state index contributed by atoms with van der Waals surface area (Å²) in [5, 5.41) is 3.62. The lowest BCUT2D eigenvalue weighted by molar-refractivity contribution is -0.00720. The molecular weight excluding hydrogens is 170 g/mol. The van der Waals surface area contributed by atoms with Crippen LogP contribution >= 0.6 is 0 Å². The van der Waals surface area contributed by atoms with E-state index in [1.165, 1.54) is 19.4 Å². The van der Waals surface area contributed by atoms with Crippen molar-refractivity contribution in [3.8, 4) is 0 Å². The molecule has 2 aliphatic carbocycles. The lowest BCUT2D eigenvalue weighted by atomic mass is 9.57. The Bertz CT molecular complexity index is 237. The monoisotopic (exact) mass is 193 g/mol. The summed E-state index contributed by atoms with van der Waals surface area (Å²) in [7, 11) is 0. The quantitative estimate of drug-likeness (QED) is 0.710. The van der Waals surface area contributed by atoms with Gasteiger partial charge in [0.05, 0.1) is 0 Å². The molecule has 3 aliphatic rings. The molecule has 3 fully saturated rings. The first-order valence-corrected chi connectivity index (χ1v) is 6.42. The number of nitrogens with one attached hydrogen (secondary N) is 1. The second-order valence-electron chi connectivity index (χ2n) is 6.21. The molecule has 0 spiro atoms. The molecule has 1 heterocycles. The minimum Gasteiger partial charge on any atom is -0.313 e. The maximum Gasteiger partial charge on any atom is 0.0136 e. The largest absolute Gasteiger partial charge is 0.313 e. The molecule has 1 aliphatic heterocycles. The van der Waals surface area contributed by atoms with Crippen LogP contribution in [0.5, 0.6) is 0 Å². The Kier molecular flexibility index (Phi) is 1.96. The van der Waals surface area contributed by atoms with Crippen LogP contribution in [0.25, 0.3) is 0 Å². The van der Waals surface area contributed by atoms with Gasteiger partial charge in [-0.25, -0.2) is 0 Å². The first kappa shape index (κ1) is 9.21. The summed E-state index contributed by atoms with van der Waals surface area (Å²) in [5.41, 5.74) is 0. The van der Waals surface area contributed by atoms with Crippen molar-refractivity contribution in [2.75, 3.05) is 6.54 Å². The highest BCUT2D eigenvalue weighted by Gasteiger charge is 2.53. The first-order chi connectivity index (χ1) is 6.68. The normalized spacial score (nSPS) is 61.5. The molecule has 7 atom stereocenters. The van der Waals surface area contributed by atoms with Crippen molar-refractivity contribution >= 4 is 0 Å². The van der Waals surface area contributed by atoms with Crippen molar-refractivity contribution in [3.05, 3.63) is 0 Å². The van der Waals surface area contributed by atoms with E-state index in [1.807, 2.05) is 0 Å². The standard InChI is InChI=1S/C13H23N/c1-7-4-10(7)11-5-12(9(11)3)13-8(2)6-14-13/h7-14H,4-6H2,1-3H3. The highest BCUT2D eigenvalue weighted by atomic mass is 15.0. The summed E-state index contributed by atoms with van der Waals surface area (Å²) < 4.78 is 0. The molecule has 0 radical (unpaired) electrons. The number of rotatable bonds is 2. The van der Waals surface area contributed by atoms with Gasteiger partial charge in [-0.15, -0.1) is 0 Å². The van der Waals surface area contributed by atoms with Gasteiger partial charge in [-0.2, -0.15) is 0 Å². The fourth-order valence-electron chi connectivity index (χ4n) is 3.91. The molecule has 1 N–H and O–H groups in total. The lowest BCUT2D eigenvalue weighted by Gasteiger charge is -2.53. The maximum atomic E-state index is 3.62. The second kappa shape index (κ2) is 2.98. The lowest BCUT2D eigenvalue weighted by Crippen LogP contribution is -2.61. The average molecular weight is 193 g/mol. The molecular formula is C13H23N. The fraction of sp³-hybridized carbons (Fsp3) is 1.00. The van der Waals surface area contributed by atoms with Gasteiger partial charge in [0.25, 0.3) is 0 Å². The van der Waals surface area contributed by atoms with E-state index in [4.69, 9.17) is 0 Å². The van der Waals surface area contributed by atoms with E-state index < -0.39 is 0 Å². The molecule has 1 nitrogen and oxygen atoms in total. The predicted molar refractivity (Wildman–Crippen MR) is 59.0 cm³/mol. The van der Waals surface area contributed by atoms with Crippen LogP contribution in [-0.2, 0) is 0 Å².